The smallest absolute Gasteiger partial charge is 0.324 e. The number of hydrogen-bond acceptors (Lipinski definition) is 4. The average Bonchev–Trinajstić information content (AvgIpc) is 2.60. The predicted octanol–water partition coefficient (Wildman–Crippen LogP) is 2.45. The zero-order chi connectivity index (χ0) is 18.4. The maximum Gasteiger partial charge on any atom is 0.324 e. The van der Waals surface area contributed by atoms with E-state index in [9.17, 15) is 17.6 Å². The highest BCUT2D eigenvalue weighted by molar-refractivity contribution is 7.89. The van der Waals surface area contributed by atoms with Crippen molar-refractivity contribution in [2.24, 2.45) is 0 Å². The third-order valence-electron chi connectivity index (χ3n) is 3.75. The average molecular weight is 365 g/mol. The van der Waals surface area contributed by atoms with Gasteiger partial charge in [0.1, 0.15) is 11.9 Å². The molecule has 0 heterocycles. The minimum atomic E-state index is -3.98. The molecule has 0 amide bonds. The van der Waals surface area contributed by atoms with Crippen molar-refractivity contribution in [3.63, 3.8) is 0 Å². The van der Waals surface area contributed by atoms with Crippen LogP contribution in [-0.4, -0.2) is 27.5 Å². The van der Waals surface area contributed by atoms with Gasteiger partial charge in [-0.25, -0.2) is 12.8 Å². The highest BCUT2D eigenvalue weighted by atomic mass is 32.2. The zero-order valence-corrected chi connectivity index (χ0v) is 14.8. The Labute approximate surface area is 146 Å². The molecule has 0 saturated heterocycles. The molecular formula is C18H20FNO4S. The van der Waals surface area contributed by atoms with Gasteiger partial charge in [-0.2, -0.15) is 4.72 Å². The topological polar surface area (TPSA) is 72.5 Å². The summed E-state index contributed by atoms with van der Waals surface area (Å²) in [4.78, 5) is 11.9. The van der Waals surface area contributed by atoms with Crippen LogP contribution in [0.3, 0.4) is 0 Å². The Bertz CT molecular complexity index is 834. The maximum atomic E-state index is 13.0. The van der Waals surface area contributed by atoms with Gasteiger partial charge in [-0.15, -0.1) is 0 Å². The number of rotatable bonds is 7. The van der Waals surface area contributed by atoms with Gasteiger partial charge in [-0.3, -0.25) is 4.79 Å². The van der Waals surface area contributed by atoms with Crippen molar-refractivity contribution in [3.05, 3.63) is 65.5 Å². The summed E-state index contributed by atoms with van der Waals surface area (Å²) < 4.78 is 44.9. The van der Waals surface area contributed by atoms with E-state index < -0.39 is 27.9 Å². The molecule has 0 bridgehead atoms. The van der Waals surface area contributed by atoms with Crippen molar-refractivity contribution in [3.8, 4) is 0 Å². The van der Waals surface area contributed by atoms with Gasteiger partial charge in [0.2, 0.25) is 10.0 Å². The lowest BCUT2D eigenvalue weighted by Crippen LogP contribution is -2.43. The van der Waals surface area contributed by atoms with Crippen LogP contribution in [-0.2, 0) is 32.4 Å². The summed E-state index contributed by atoms with van der Waals surface area (Å²) in [6, 6.07) is 10.9. The maximum absolute atomic E-state index is 13.0. The molecule has 1 N–H and O–H groups in total. The quantitative estimate of drug-likeness (QED) is 0.765. The van der Waals surface area contributed by atoms with E-state index in [0.29, 0.717) is 0 Å². The number of sulfonamides is 1. The second kappa shape index (κ2) is 8.22. The van der Waals surface area contributed by atoms with Crippen molar-refractivity contribution >= 4 is 16.0 Å². The third-order valence-corrected chi connectivity index (χ3v) is 5.23. The van der Waals surface area contributed by atoms with Crippen molar-refractivity contribution < 1.29 is 22.3 Å². The van der Waals surface area contributed by atoms with E-state index in [-0.39, 0.29) is 11.3 Å². The van der Waals surface area contributed by atoms with Crippen molar-refractivity contribution in [1.82, 2.24) is 4.72 Å². The first kappa shape index (κ1) is 19.1. The Morgan fingerprint density at radius 3 is 2.40 bits per heavy atom. The number of methoxy groups -OCH3 is 1. The number of benzene rings is 2. The van der Waals surface area contributed by atoms with Gasteiger partial charge in [0.15, 0.2) is 0 Å². The van der Waals surface area contributed by atoms with Gasteiger partial charge < -0.3 is 4.74 Å². The van der Waals surface area contributed by atoms with Gasteiger partial charge in [-0.05, 0) is 48.2 Å². The summed E-state index contributed by atoms with van der Waals surface area (Å²) in [6.07, 6.45) is 0.985. The van der Waals surface area contributed by atoms with Gasteiger partial charge in [0, 0.05) is 0 Å². The summed E-state index contributed by atoms with van der Waals surface area (Å²) >= 11 is 0. The number of nitrogens with one attached hydrogen (secondary N) is 1. The fourth-order valence-corrected chi connectivity index (χ4v) is 3.58. The Morgan fingerprint density at radius 2 is 1.80 bits per heavy atom. The summed E-state index contributed by atoms with van der Waals surface area (Å²) in [5.74, 6) is -1.23. The Balaban J connectivity index is 2.25. The molecule has 0 aliphatic rings. The molecule has 0 unspecified atom stereocenters. The molecule has 0 fully saturated rings. The van der Waals surface area contributed by atoms with Crippen LogP contribution in [0.1, 0.15) is 18.1 Å². The SMILES string of the molecule is CCc1cccc(C[C@H](NS(=O)(=O)c2ccc(F)cc2)C(=O)OC)c1. The molecule has 1 atom stereocenters. The summed E-state index contributed by atoms with van der Waals surface area (Å²) in [5, 5.41) is 0. The van der Waals surface area contributed by atoms with Gasteiger partial charge >= 0.3 is 5.97 Å². The van der Waals surface area contributed by atoms with Crippen LogP contribution in [0.15, 0.2) is 53.4 Å². The number of esters is 1. The van der Waals surface area contributed by atoms with E-state index >= 15 is 0 Å². The lowest BCUT2D eigenvalue weighted by molar-refractivity contribution is -0.142. The third kappa shape index (κ3) is 5.11. The lowest BCUT2D eigenvalue weighted by Gasteiger charge is -2.17. The first-order valence-corrected chi connectivity index (χ1v) is 9.27. The van der Waals surface area contributed by atoms with E-state index in [1.807, 2.05) is 31.2 Å². The molecule has 0 radical (unpaired) electrons. The first-order valence-electron chi connectivity index (χ1n) is 7.79. The normalized spacial score (nSPS) is 12.6. The predicted molar refractivity (Wildman–Crippen MR) is 92.0 cm³/mol. The molecule has 0 aliphatic carbocycles. The molecule has 2 aromatic carbocycles. The van der Waals surface area contributed by atoms with Gasteiger partial charge in [0.25, 0.3) is 0 Å². The first-order chi connectivity index (χ1) is 11.9. The molecule has 5 nitrogen and oxygen atoms in total. The number of aryl methyl sites for hydroxylation is 1. The van der Waals surface area contributed by atoms with Crippen LogP contribution in [0, 0.1) is 5.82 Å². The monoisotopic (exact) mass is 365 g/mol. The number of hydrogen-bond donors (Lipinski definition) is 1. The molecule has 0 spiro atoms. The van der Waals surface area contributed by atoms with Gasteiger partial charge in [0.05, 0.1) is 12.0 Å². The molecular weight excluding hydrogens is 345 g/mol. The Morgan fingerprint density at radius 1 is 1.16 bits per heavy atom. The van der Waals surface area contributed by atoms with E-state index in [1.165, 1.54) is 7.11 Å². The van der Waals surface area contributed by atoms with Gasteiger partial charge in [-0.1, -0.05) is 31.2 Å². The van der Waals surface area contributed by atoms with E-state index in [4.69, 9.17) is 4.74 Å². The van der Waals surface area contributed by atoms with Crippen LogP contribution in [0.25, 0.3) is 0 Å². The van der Waals surface area contributed by atoms with E-state index in [1.54, 1.807) is 0 Å². The molecule has 0 aromatic heterocycles. The van der Waals surface area contributed by atoms with Crippen LogP contribution < -0.4 is 4.72 Å². The summed E-state index contributed by atoms with van der Waals surface area (Å²) in [5.41, 5.74) is 1.90. The fraction of sp³-hybridized carbons (Fsp3) is 0.278. The second-order valence-corrected chi connectivity index (χ2v) is 7.24. The fourth-order valence-electron chi connectivity index (χ4n) is 2.40. The van der Waals surface area contributed by atoms with Crippen LogP contribution in [0.2, 0.25) is 0 Å². The minimum Gasteiger partial charge on any atom is -0.468 e. The number of carbonyl (C=O) groups excluding carboxylic acids is 1. The second-order valence-electron chi connectivity index (χ2n) is 5.53. The van der Waals surface area contributed by atoms with Crippen molar-refractivity contribution in [2.75, 3.05) is 7.11 Å². The van der Waals surface area contributed by atoms with Crippen molar-refractivity contribution in [1.29, 1.82) is 0 Å². The summed E-state index contributed by atoms with van der Waals surface area (Å²) in [6.45, 7) is 2.01. The largest absolute Gasteiger partial charge is 0.468 e. The van der Waals surface area contributed by atoms with Crippen LogP contribution in [0.5, 0.6) is 0 Å². The molecule has 2 aromatic rings. The highest BCUT2D eigenvalue weighted by Crippen LogP contribution is 2.14. The Kier molecular flexibility index (Phi) is 6.27. The molecule has 2 rings (SSSR count). The zero-order valence-electron chi connectivity index (χ0n) is 14.0. The van der Waals surface area contributed by atoms with E-state index in [2.05, 4.69) is 4.72 Å². The molecule has 25 heavy (non-hydrogen) atoms. The number of halogens is 1. The molecule has 7 heteroatoms. The summed E-state index contributed by atoms with van der Waals surface area (Å²) in [7, 11) is -2.79. The van der Waals surface area contributed by atoms with Crippen LogP contribution >= 0.6 is 0 Å². The number of ether oxygens (including phenoxy) is 1. The van der Waals surface area contributed by atoms with E-state index in [0.717, 1.165) is 41.8 Å². The van der Waals surface area contributed by atoms with Crippen LogP contribution in [0.4, 0.5) is 4.39 Å². The highest BCUT2D eigenvalue weighted by Gasteiger charge is 2.26. The Hall–Kier alpha value is -2.25. The minimum absolute atomic E-state index is 0.120. The van der Waals surface area contributed by atoms with Crippen molar-refractivity contribution in [2.45, 2.75) is 30.7 Å². The molecule has 0 saturated carbocycles. The molecule has 0 aliphatic heterocycles. The lowest BCUT2D eigenvalue weighted by atomic mass is 10.0. The standard InChI is InChI=1S/C18H20FNO4S/c1-3-13-5-4-6-14(11-13)12-17(18(21)24-2)20-25(22,23)16-9-7-15(19)8-10-16/h4-11,17,20H,3,12H2,1-2H3/t17-/m0/s1. The number of carbonyl (C=O) groups is 1. The molecule has 134 valence electrons.